The van der Waals surface area contributed by atoms with E-state index >= 15 is 0 Å². The van der Waals surface area contributed by atoms with Gasteiger partial charge in [-0.05, 0) is 36.6 Å². The number of hydrogen-bond donors (Lipinski definition) is 2. The molecule has 0 aliphatic carbocycles. The Kier molecular flexibility index (Phi) is 5.29. The Bertz CT molecular complexity index is 315. The molecule has 16 heavy (non-hydrogen) atoms. The van der Waals surface area contributed by atoms with Crippen molar-refractivity contribution < 1.29 is 9.84 Å². The van der Waals surface area contributed by atoms with Crippen molar-refractivity contribution in [3.63, 3.8) is 0 Å². The highest BCUT2D eigenvalue weighted by molar-refractivity contribution is 5.30. The molecule has 0 aromatic heterocycles. The van der Waals surface area contributed by atoms with Crippen molar-refractivity contribution in [1.29, 1.82) is 0 Å². The van der Waals surface area contributed by atoms with Crippen molar-refractivity contribution in [2.75, 3.05) is 13.2 Å². The van der Waals surface area contributed by atoms with Crippen molar-refractivity contribution in [1.82, 2.24) is 0 Å². The van der Waals surface area contributed by atoms with Gasteiger partial charge in [0, 0.05) is 0 Å². The van der Waals surface area contributed by atoms with Gasteiger partial charge in [0.05, 0.1) is 12.7 Å². The van der Waals surface area contributed by atoms with Gasteiger partial charge in [-0.1, -0.05) is 26.0 Å². The predicted octanol–water partition coefficient (Wildman–Crippen LogP) is 2.10. The Morgan fingerprint density at radius 1 is 1.44 bits per heavy atom. The van der Waals surface area contributed by atoms with Crippen molar-refractivity contribution in [3.8, 4) is 5.75 Å². The van der Waals surface area contributed by atoms with E-state index in [2.05, 4.69) is 6.92 Å². The van der Waals surface area contributed by atoms with Crippen LogP contribution in [-0.4, -0.2) is 18.3 Å². The first-order valence-corrected chi connectivity index (χ1v) is 5.80. The molecule has 2 atom stereocenters. The molecule has 1 aromatic rings. The largest absolute Gasteiger partial charge is 0.494 e. The van der Waals surface area contributed by atoms with E-state index in [-0.39, 0.29) is 5.92 Å². The van der Waals surface area contributed by atoms with E-state index in [1.54, 1.807) is 0 Å². The molecule has 0 radical (unpaired) electrons. The molecule has 0 saturated carbocycles. The van der Waals surface area contributed by atoms with Gasteiger partial charge in [-0.3, -0.25) is 0 Å². The standard InChI is InChI=1S/C13H21NO2/c1-3-7-16-12-6-4-5-11(8-12)13(15)10(2)9-14/h4-6,8,10,13,15H,3,7,9,14H2,1-2H3. The summed E-state index contributed by atoms with van der Waals surface area (Å²) in [5.41, 5.74) is 6.40. The highest BCUT2D eigenvalue weighted by Gasteiger charge is 2.15. The number of benzene rings is 1. The van der Waals surface area contributed by atoms with Crippen LogP contribution in [-0.2, 0) is 0 Å². The molecule has 0 aliphatic rings. The third-order valence-electron chi connectivity index (χ3n) is 2.58. The summed E-state index contributed by atoms with van der Waals surface area (Å²) in [6.07, 6.45) is 0.460. The molecule has 1 aromatic carbocycles. The van der Waals surface area contributed by atoms with Crippen LogP contribution in [0, 0.1) is 5.92 Å². The molecule has 0 aliphatic heterocycles. The van der Waals surface area contributed by atoms with Crippen LogP contribution in [0.1, 0.15) is 31.9 Å². The number of ether oxygens (including phenoxy) is 1. The second-order valence-electron chi connectivity index (χ2n) is 4.08. The van der Waals surface area contributed by atoms with Gasteiger partial charge in [-0.15, -0.1) is 0 Å². The molecule has 0 spiro atoms. The summed E-state index contributed by atoms with van der Waals surface area (Å²) in [4.78, 5) is 0. The van der Waals surface area contributed by atoms with Crippen molar-refractivity contribution in [2.24, 2.45) is 11.7 Å². The molecule has 0 fully saturated rings. The smallest absolute Gasteiger partial charge is 0.119 e. The lowest BCUT2D eigenvalue weighted by atomic mass is 9.97. The van der Waals surface area contributed by atoms with Gasteiger partial charge in [0.1, 0.15) is 5.75 Å². The zero-order valence-electron chi connectivity index (χ0n) is 10.0. The van der Waals surface area contributed by atoms with Crippen LogP contribution in [0.5, 0.6) is 5.75 Å². The number of aliphatic hydroxyl groups is 1. The molecule has 90 valence electrons. The summed E-state index contributed by atoms with van der Waals surface area (Å²) in [6.45, 7) is 5.17. The van der Waals surface area contributed by atoms with Gasteiger partial charge < -0.3 is 15.6 Å². The van der Waals surface area contributed by atoms with E-state index < -0.39 is 6.10 Å². The van der Waals surface area contributed by atoms with Gasteiger partial charge in [-0.25, -0.2) is 0 Å². The first kappa shape index (κ1) is 13.0. The van der Waals surface area contributed by atoms with Crippen LogP contribution in [0.4, 0.5) is 0 Å². The molecule has 0 saturated heterocycles. The van der Waals surface area contributed by atoms with E-state index in [0.717, 1.165) is 17.7 Å². The molecule has 3 heteroatoms. The lowest BCUT2D eigenvalue weighted by Gasteiger charge is -2.18. The quantitative estimate of drug-likeness (QED) is 0.776. The minimum Gasteiger partial charge on any atom is -0.494 e. The minimum absolute atomic E-state index is 0.0569. The van der Waals surface area contributed by atoms with Crippen molar-refractivity contribution in [3.05, 3.63) is 29.8 Å². The topological polar surface area (TPSA) is 55.5 Å². The second-order valence-corrected chi connectivity index (χ2v) is 4.08. The molecular weight excluding hydrogens is 202 g/mol. The Balaban J connectivity index is 2.73. The van der Waals surface area contributed by atoms with Gasteiger partial charge in [-0.2, -0.15) is 0 Å². The summed E-state index contributed by atoms with van der Waals surface area (Å²) < 4.78 is 5.52. The SMILES string of the molecule is CCCOc1cccc(C(O)C(C)CN)c1. The first-order chi connectivity index (χ1) is 7.69. The monoisotopic (exact) mass is 223 g/mol. The van der Waals surface area contributed by atoms with Gasteiger partial charge in [0.15, 0.2) is 0 Å². The second kappa shape index (κ2) is 6.51. The Hall–Kier alpha value is -1.06. The number of aliphatic hydroxyl groups excluding tert-OH is 1. The molecule has 0 bridgehead atoms. The fourth-order valence-corrected chi connectivity index (χ4v) is 1.47. The van der Waals surface area contributed by atoms with Crippen LogP contribution in [0.3, 0.4) is 0 Å². The molecule has 1 rings (SSSR count). The van der Waals surface area contributed by atoms with E-state index in [0.29, 0.717) is 13.2 Å². The highest BCUT2D eigenvalue weighted by atomic mass is 16.5. The Morgan fingerprint density at radius 3 is 2.81 bits per heavy atom. The summed E-state index contributed by atoms with van der Waals surface area (Å²) in [5, 5.41) is 10.0. The predicted molar refractivity (Wildman–Crippen MR) is 65.4 cm³/mol. The lowest BCUT2D eigenvalue weighted by molar-refractivity contribution is 0.121. The third-order valence-corrected chi connectivity index (χ3v) is 2.58. The van der Waals surface area contributed by atoms with Crippen LogP contribution in [0.2, 0.25) is 0 Å². The average Bonchev–Trinajstić information content (AvgIpc) is 2.34. The number of nitrogens with two attached hydrogens (primary N) is 1. The third kappa shape index (κ3) is 3.51. The van der Waals surface area contributed by atoms with Crippen LogP contribution in [0.25, 0.3) is 0 Å². The average molecular weight is 223 g/mol. The molecule has 2 unspecified atom stereocenters. The summed E-state index contributed by atoms with van der Waals surface area (Å²) in [6, 6.07) is 7.58. The highest BCUT2D eigenvalue weighted by Crippen LogP contribution is 2.24. The van der Waals surface area contributed by atoms with Crippen molar-refractivity contribution >= 4 is 0 Å². The molecule has 0 amide bonds. The fraction of sp³-hybridized carbons (Fsp3) is 0.538. The molecule has 0 heterocycles. The molecule has 3 nitrogen and oxygen atoms in total. The minimum atomic E-state index is -0.518. The zero-order valence-corrected chi connectivity index (χ0v) is 10.0. The Morgan fingerprint density at radius 2 is 2.19 bits per heavy atom. The van der Waals surface area contributed by atoms with E-state index in [1.165, 1.54) is 0 Å². The molecular formula is C13H21NO2. The summed E-state index contributed by atoms with van der Waals surface area (Å²) >= 11 is 0. The fourth-order valence-electron chi connectivity index (χ4n) is 1.47. The number of rotatable bonds is 6. The van der Waals surface area contributed by atoms with E-state index in [4.69, 9.17) is 10.5 Å². The van der Waals surface area contributed by atoms with Crippen LogP contribution < -0.4 is 10.5 Å². The number of hydrogen-bond acceptors (Lipinski definition) is 3. The van der Waals surface area contributed by atoms with Crippen LogP contribution >= 0.6 is 0 Å². The zero-order chi connectivity index (χ0) is 12.0. The normalized spacial score (nSPS) is 14.5. The Labute approximate surface area is 97.2 Å². The van der Waals surface area contributed by atoms with Gasteiger partial charge >= 0.3 is 0 Å². The summed E-state index contributed by atoms with van der Waals surface area (Å²) in [5.74, 6) is 0.865. The lowest BCUT2D eigenvalue weighted by Crippen LogP contribution is -2.18. The van der Waals surface area contributed by atoms with E-state index in [9.17, 15) is 5.11 Å². The van der Waals surface area contributed by atoms with Gasteiger partial charge in [0.25, 0.3) is 0 Å². The summed E-state index contributed by atoms with van der Waals surface area (Å²) in [7, 11) is 0. The van der Waals surface area contributed by atoms with Crippen molar-refractivity contribution in [2.45, 2.75) is 26.4 Å². The van der Waals surface area contributed by atoms with Crippen LogP contribution in [0.15, 0.2) is 24.3 Å². The maximum Gasteiger partial charge on any atom is 0.119 e. The first-order valence-electron chi connectivity index (χ1n) is 5.80. The van der Waals surface area contributed by atoms with E-state index in [1.807, 2.05) is 31.2 Å². The van der Waals surface area contributed by atoms with Gasteiger partial charge in [0.2, 0.25) is 0 Å². The maximum atomic E-state index is 10.0. The maximum absolute atomic E-state index is 10.0. The molecule has 3 N–H and O–H groups in total.